The minimum absolute atomic E-state index is 0.00928. The number of ether oxygens (including phenoxy) is 2. The maximum absolute atomic E-state index is 15.2. The minimum atomic E-state index is -4.69. The summed E-state index contributed by atoms with van der Waals surface area (Å²) in [6.07, 6.45) is 22.1. The Hall–Kier alpha value is -2.03. The highest BCUT2D eigenvalue weighted by molar-refractivity contribution is 5.69. The molecular formula is C48H78F4N2O3. The van der Waals surface area contributed by atoms with Crippen LogP contribution in [0, 0.1) is 46.3 Å². The summed E-state index contributed by atoms with van der Waals surface area (Å²) in [5.41, 5.74) is 10.4. The molecular weight excluding hydrogens is 729 g/mol. The summed E-state index contributed by atoms with van der Waals surface area (Å²) < 4.78 is 71.5. The van der Waals surface area contributed by atoms with Crippen molar-refractivity contribution in [1.29, 1.82) is 0 Å². The Labute approximate surface area is 342 Å². The van der Waals surface area contributed by atoms with E-state index in [1.165, 1.54) is 96.0 Å². The standard InChI is InChI=1S/C48H78F4N2O3/c1-5-6-7-8-9-10-11-12-13-14-15-16-17-18-29-56-44(55)24-19-34(2)41-22-23-42-40-21-20-35-32-39(25-27-45(35,3)43(40)26-28-46(41,42)4)57-48(51,52)47(49,50)36-30-37(53)33-38(54)31-36/h30-31,33-35,39-43H,5-29,32,53-54H2,1-4H3/t34-,35?,39?,40+,41-,42+,43+,45+,46-/m1/s1. The molecule has 4 saturated carbocycles. The Morgan fingerprint density at radius 3 is 1.93 bits per heavy atom. The van der Waals surface area contributed by atoms with Crippen molar-refractivity contribution < 1.29 is 31.8 Å². The van der Waals surface area contributed by atoms with Gasteiger partial charge in [-0.15, -0.1) is 0 Å². The number of alkyl halides is 4. The molecule has 9 heteroatoms. The van der Waals surface area contributed by atoms with Gasteiger partial charge in [0.1, 0.15) is 0 Å². The van der Waals surface area contributed by atoms with Crippen molar-refractivity contribution in [1.82, 2.24) is 0 Å². The molecule has 0 spiro atoms. The van der Waals surface area contributed by atoms with Crippen LogP contribution in [0.3, 0.4) is 0 Å². The van der Waals surface area contributed by atoms with Gasteiger partial charge in [-0.05, 0) is 135 Å². The number of rotatable bonds is 23. The fourth-order valence-corrected chi connectivity index (χ4v) is 12.7. The van der Waals surface area contributed by atoms with Gasteiger partial charge in [-0.3, -0.25) is 4.79 Å². The quantitative estimate of drug-likeness (QED) is 0.0498. The van der Waals surface area contributed by atoms with E-state index in [0.29, 0.717) is 61.9 Å². The zero-order valence-corrected chi connectivity index (χ0v) is 36.0. The Kier molecular flexibility index (Phi) is 16.6. The van der Waals surface area contributed by atoms with Gasteiger partial charge < -0.3 is 20.9 Å². The minimum Gasteiger partial charge on any atom is -0.466 e. The molecule has 1 aromatic carbocycles. The van der Waals surface area contributed by atoms with Gasteiger partial charge in [-0.1, -0.05) is 111 Å². The van der Waals surface area contributed by atoms with E-state index in [1.54, 1.807) is 0 Å². The van der Waals surface area contributed by atoms with E-state index in [2.05, 4.69) is 27.7 Å². The van der Waals surface area contributed by atoms with Crippen LogP contribution in [-0.2, 0) is 20.2 Å². The van der Waals surface area contributed by atoms with Crippen molar-refractivity contribution in [2.75, 3.05) is 18.1 Å². The molecule has 5 nitrogen and oxygen atoms in total. The lowest BCUT2D eigenvalue weighted by Gasteiger charge is -2.61. The summed E-state index contributed by atoms with van der Waals surface area (Å²) in [6.45, 7) is 10.00. The van der Waals surface area contributed by atoms with Crippen molar-refractivity contribution in [3.63, 3.8) is 0 Å². The highest BCUT2D eigenvalue weighted by Crippen LogP contribution is 2.68. The number of nitrogen functional groups attached to an aromatic ring is 2. The number of unbranched alkanes of at least 4 members (excludes halogenated alkanes) is 13. The number of halogens is 4. The molecule has 0 saturated heterocycles. The van der Waals surface area contributed by atoms with Gasteiger partial charge in [0.25, 0.3) is 0 Å². The van der Waals surface area contributed by atoms with Gasteiger partial charge in [-0.2, -0.15) is 17.6 Å². The number of fused-ring (bicyclic) bond motifs is 5. The first-order chi connectivity index (χ1) is 27.1. The molecule has 5 rings (SSSR count). The average Bonchev–Trinajstić information content (AvgIpc) is 3.52. The maximum Gasteiger partial charge on any atom is 0.424 e. The van der Waals surface area contributed by atoms with Gasteiger partial charge in [-0.25, -0.2) is 0 Å². The zero-order chi connectivity index (χ0) is 41.3. The summed E-state index contributed by atoms with van der Waals surface area (Å²) in [4.78, 5) is 12.7. The van der Waals surface area contributed by atoms with Gasteiger partial charge in [0, 0.05) is 23.4 Å². The Bertz CT molecular complexity index is 1390. The van der Waals surface area contributed by atoms with Crippen molar-refractivity contribution in [2.45, 2.75) is 206 Å². The largest absolute Gasteiger partial charge is 0.466 e. The summed E-state index contributed by atoms with van der Waals surface area (Å²) in [5, 5.41) is 0. The Morgan fingerprint density at radius 1 is 0.754 bits per heavy atom. The summed E-state index contributed by atoms with van der Waals surface area (Å²) in [6, 6.07) is 2.95. The Balaban J connectivity index is 1.00. The first-order valence-corrected chi connectivity index (χ1v) is 23.4. The number of anilines is 2. The summed E-state index contributed by atoms with van der Waals surface area (Å²) in [5.74, 6) is -1.70. The van der Waals surface area contributed by atoms with Crippen LogP contribution in [0.25, 0.3) is 0 Å². The molecule has 0 heterocycles. The van der Waals surface area contributed by atoms with E-state index in [4.69, 9.17) is 20.9 Å². The molecule has 326 valence electrons. The topological polar surface area (TPSA) is 87.6 Å². The van der Waals surface area contributed by atoms with Crippen LogP contribution in [0.2, 0.25) is 0 Å². The fraction of sp³-hybridized carbons (Fsp3) is 0.854. The van der Waals surface area contributed by atoms with Crippen LogP contribution in [0.4, 0.5) is 28.9 Å². The third-order valence-electron chi connectivity index (χ3n) is 16.0. The normalized spacial score (nSPS) is 30.7. The number of carbonyl (C=O) groups excluding carboxylic acids is 1. The highest BCUT2D eigenvalue weighted by Gasteiger charge is 2.63. The first-order valence-electron chi connectivity index (χ1n) is 23.4. The van der Waals surface area contributed by atoms with Crippen LogP contribution >= 0.6 is 0 Å². The number of benzene rings is 1. The Morgan fingerprint density at radius 2 is 1.32 bits per heavy atom. The molecule has 0 aliphatic heterocycles. The fourth-order valence-electron chi connectivity index (χ4n) is 12.7. The summed E-state index contributed by atoms with van der Waals surface area (Å²) >= 11 is 0. The lowest BCUT2D eigenvalue weighted by atomic mass is 9.44. The van der Waals surface area contributed by atoms with E-state index in [-0.39, 0.29) is 34.1 Å². The number of esters is 1. The molecule has 57 heavy (non-hydrogen) atoms. The van der Waals surface area contributed by atoms with Crippen LogP contribution < -0.4 is 11.5 Å². The van der Waals surface area contributed by atoms with Gasteiger partial charge in [0.05, 0.1) is 12.7 Å². The zero-order valence-electron chi connectivity index (χ0n) is 36.0. The predicted octanol–water partition coefficient (Wildman–Crippen LogP) is 14.0. The molecule has 4 aliphatic rings. The molecule has 2 unspecified atom stereocenters. The molecule has 0 amide bonds. The second-order valence-electron chi connectivity index (χ2n) is 19.7. The van der Waals surface area contributed by atoms with Crippen LogP contribution in [0.5, 0.6) is 0 Å². The molecule has 0 bridgehead atoms. The van der Waals surface area contributed by atoms with Crippen molar-refractivity contribution >= 4 is 17.3 Å². The molecule has 1 aromatic rings. The summed E-state index contributed by atoms with van der Waals surface area (Å²) in [7, 11) is 0. The van der Waals surface area contributed by atoms with Crippen molar-refractivity contribution in [2.24, 2.45) is 46.3 Å². The molecule has 0 aromatic heterocycles. The van der Waals surface area contributed by atoms with Crippen LogP contribution in [-0.4, -0.2) is 24.8 Å². The van der Waals surface area contributed by atoms with E-state index in [9.17, 15) is 4.79 Å². The average molecular weight is 807 g/mol. The molecule has 0 radical (unpaired) electrons. The van der Waals surface area contributed by atoms with E-state index < -0.39 is 23.7 Å². The number of hydrogen-bond acceptors (Lipinski definition) is 5. The third-order valence-corrected chi connectivity index (χ3v) is 16.0. The second-order valence-corrected chi connectivity index (χ2v) is 19.7. The highest BCUT2D eigenvalue weighted by atomic mass is 19.3. The van der Waals surface area contributed by atoms with Gasteiger partial charge in [0.2, 0.25) is 0 Å². The third kappa shape index (κ3) is 11.2. The number of carbonyl (C=O) groups is 1. The smallest absolute Gasteiger partial charge is 0.424 e. The number of nitrogens with two attached hydrogens (primary N) is 2. The SMILES string of the molecule is CCCCCCCCCCCCCCCCOC(=O)CC[C@@H](C)[C@H]1CC[C@H]2[C@@H]3CCC4CC(OC(F)(F)C(F)(F)c5cc(N)cc(N)c5)CC[C@]4(C)[C@H]3CC[C@]12C. The predicted molar refractivity (Wildman–Crippen MR) is 224 cm³/mol. The van der Waals surface area contributed by atoms with Crippen molar-refractivity contribution in [3.8, 4) is 0 Å². The second kappa shape index (κ2) is 20.5. The van der Waals surface area contributed by atoms with Crippen LogP contribution in [0.15, 0.2) is 18.2 Å². The molecule has 4 N–H and O–H groups in total. The lowest BCUT2D eigenvalue weighted by Crippen LogP contribution is -2.55. The maximum atomic E-state index is 15.2. The monoisotopic (exact) mass is 807 g/mol. The molecule has 9 atom stereocenters. The molecule has 4 aliphatic carbocycles. The number of hydrogen-bond donors (Lipinski definition) is 2. The van der Waals surface area contributed by atoms with E-state index in [0.717, 1.165) is 57.1 Å². The lowest BCUT2D eigenvalue weighted by molar-refractivity contribution is -0.373. The first kappa shape index (κ1) is 46.0. The van der Waals surface area contributed by atoms with E-state index in [1.807, 2.05) is 0 Å². The van der Waals surface area contributed by atoms with Crippen molar-refractivity contribution in [3.05, 3.63) is 23.8 Å². The van der Waals surface area contributed by atoms with E-state index >= 15 is 17.6 Å². The van der Waals surface area contributed by atoms with Gasteiger partial charge in [0.15, 0.2) is 0 Å². The van der Waals surface area contributed by atoms with Crippen LogP contribution in [0.1, 0.15) is 194 Å². The van der Waals surface area contributed by atoms with Gasteiger partial charge >= 0.3 is 18.0 Å². The molecule has 4 fully saturated rings.